The van der Waals surface area contributed by atoms with Gasteiger partial charge in [-0.3, -0.25) is 0 Å². The molecule has 0 saturated carbocycles. The second kappa shape index (κ2) is 49.6. The molecular formula is C13H22O13U. The van der Waals surface area contributed by atoms with Gasteiger partial charge >= 0.3 is 31.1 Å². The predicted molar refractivity (Wildman–Crippen MR) is 72.2 cm³/mol. The summed E-state index contributed by atoms with van der Waals surface area (Å²) in [6.45, 7) is 5.83. The summed E-state index contributed by atoms with van der Waals surface area (Å²) in [5, 5.41) is 60.3. The first kappa shape index (κ1) is 49.8. The first-order valence-corrected chi connectivity index (χ1v) is 5.90. The molecule has 156 valence electrons. The van der Waals surface area contributed by atoms with Crippen LogP contribution in [0.15, 0.2) is 0 Å². The van der Waals surface area contributed by atoms with Crippen LogP contribution in [0.4, 0.5) is 0 Å². The molecule has 0 rings (SSSR count). The first-order chi connectivity index (χ1) is 11.4. The number of hydrogen-bond acceptors (Lipinski definition) is 13. The van der Waals surface area contributed by atoms with Gasteiger partial charge in [0.25, 0.3) is 0 Å². The van der Waals surface area contributed by atoms with E-state index in [9.17, 15) is 0 Å². The van der Waals surface area contributed by atoms with Crippen molar-refractivity contribution < 1.29 is 95.6 Å². The van der Waals surface area contributed by atoms with E-state index < -0.39 is 35.8 Å². The number of aliphatic hydroxyl groups excluding tert-OH is 1. The van der Waals surface area contributed by atoms with Crippen molar-refractivity contribution in [3.05, 3.63) is 0 Å². The van der Waals surface area contributed by atoms with Gasteiger partial charge in [-0.25, -0.2) is 0 Å². The van der Waals surface area contributed by atoms with Crippen molar-refractivity contribution in [3.8, 4) is 0 Å². The van der Waals surface area contributed by atoms with Gasteiger partial charge < -0.3 is 64.5 Å². The molecule has 0 radical (unpaired) electrons. The van der Waals surface area contributed by atoms with E-state index in [2.05, 4.69) is 0 Å². The van der Waals surface area contributed by atoms with Gasteiger partial charge in [-0.15, -0.1) is 0 Å². The molecule has 0 saturated heterocycles. The third-order valence-corrected chi connectivity index (χ3v) is 0. The van der Waals surface area contributed by atoms with E-state index >= 15 is 0 Å². The van der Waals surface area contributed by atoms with Gasteiger partial charge in [-0.05, 0) is 41.5 Å². The second-order valence-corrected chi connectivity index (χ2v) is 2.95. The average molecular weight is 624 g/mol. The fourth-order valence-corrected chi connectivity index (χ4v) is 0. The monoisotopic (exact) mass is 624 g/mol. The Morgan fingerprint density at radius 3 is 0.407 bits per heavy atom. The first-order valence-electron chi connectivity index (χ1n) is 5.90. The zero-order valence-corrected chi connectivity index (χ0v) is 20.0. The number of aliphatic hydroxyl groups is 1. The minimum atomic E-state index is -1.08. The Morgan fingerprint density at radius 2 is 0.407 bits per heavy atom. The van der Waals surface area contributed by atoms with Crippen molar-refractivity contribution in [2.24, 2.45) is 0 Å². The molecule has 1 N–H and O–H groups in total. The maximum absolute atomic E-state index is 8.89. The molecule has 0 bridgehead atoms. The Balaban J connectivity index is -0.0000000260. The minimum Gasteiger partial charge on any atom is -0.550 e. The molecule has 27 heavy (non-hydrogen) atoms. The summed E-state index contributed by atoms with van der Waals surface area (Å²) < 4.78 is 0. The van der Waals surface area contributed by atoms with Crippen molar-refractivity contribution in [1.29, 1.82) is 0 Å². The van der Waals surface area contributed by atoms with Crippen LogP contribution < -0.4 is 30.6 Å². The second-order valence-electron chi connectivity index (χ2n) is 2.95. The van der Waals surface area contributed by atoms with E-state index in [1.165, 1.54) is 0 Å². The summed E-state index contributed by atoms with van der Waals surface area (Å²) >= 11 is 0. The van der Waals surface area contributed by atoms with Crippen LogP contribution >= 0.6 is 0 Å². The van der Waals surface area contributed by atoms with Crippen LogP contribution in [-0.2, 0) is 28.8 Å². The van der Waals surface area contributed by atoms with E-state index in [1.807, 2.05) is 0 Å². The van der Waals surface area contributed by atoms with Crippen LogP contribution in [0.5, 0.6) is 0 Å². The Kier molecular flexibility index (Phi) is 91.4. The fourth-order valence-electron chi connectivity index (χ4n) is 0. The number of carbonyl (C=O) groups excluding carboxylic acids is 6. The SMILES string of the molecule is CC(=O)[O-].CC(=O)[O-].CC(=O)[O-].CC(=O)[O-].CC(=O)[O-].CC(=O)[O-].CO.[U+6]. The quantitative estimate of drug-likeness (QED) is 0.263. The van der Waals surface area contributed by atoms with Gasteiger partial charge in [0.1, 0.15) is 0 Å². The summed E-state index contributed by atoms with van der Waals surface area (Å²) in [5.74, 6) is -6.50. The van der Waals surface area contributed by atoms with E-state index in [0.29, 0.717) is 0 Å². The molecule has 0 aromatic heterocycles. The largest absolute Gasteiger partial charge is 6.00 e. The summed E-state index contributed by atoms with van der Waals surface area (Å²) in [6.07, 6.45) is 0. The molecule has 0 aliphatic rings. The van der Waals surface area contributed by atoms with Crippen molar-refractivity contribution in [3.63, 3.8) is 0 Å². The topological polar surface area (TPSA) is 261 Å². The van der Waals surface area contributed by atoms with Crippen molar-refractivity contribution in [2.45, 2.75) is 41.5 Å². The van der Waals surface area contributed by atoms with Crippen LogP contribution in [-0.4, -0.2) is 48.0 Å². The Labute approximate surface area is 180 Å². The number of aliphatic carboxylic acids is 6. The molecule has 0 atom stereocenters. The number of carbonyl (C=O) groups is 6. The number of rotatable bonds is 0. The van der Waals surface area contributed by atoms with E-state index in [0.717, 1.165) is 48.7 Å². The van der Waals surface area contributed by atoms with Gasteiger partial charge in [0.2, 0.25) is 0 Å². The maximum Gasteiger partial charge on any atom is 6.00 e. The molecule has 13 nitrogen and oxygen atoms in total. The van der Waals surface area contributed by atoms with Crippen molar-refractivity contribution in [2.75, 3.05) is 7.11 Å². The normalized spacial score (nSPS) is 5.78. The fraction of sp³-hybridized carbons (Fsp3) is 0.538. The molecule has 0 aliphatic carbocycles. The number of carboxylic acid groups (broad SMARTS) is 6. The van der Waals surface area contributed by atoms with Gasteiger partial charge in [0, 0.05) is 42.9 Å². The van der Waals surface area contributed by atoms with Crippen LogP contribution in [0.25, 0.3) is 0 Å². The zero-order valence-electron chi connectivity index (χ0n) is 15.8. The van der Waals surface area contributed by atoms with Crippen LogP contribution in [0.1, 0.15) is 41.5 Å². The van der Waals surface area contributed by atoms with Gasteiger partial charge in [-0.1, -0.05) is 0 Å². The molecule has 0 aliphatic heterocycles. The van der Waals surface area contributed by atoms with Crippen molar-refractivity contribution >= 4 is 35.8 Å². The third-order valence-electron chi connectivity index (χ3n) is 0. The zero-order chi connectivity index (χ0) is 23.5. The molecule has 0 aromatic carbocycles. The van der Waals surface area contributed by atoms with Crippen LogP contribution in [0.2, 0.25) is 0 Å². The number of carboxylic acids is 6. The molecule has 0 aromatic rings. The third kappa shape index (κ3) is 2420. The smallest absolute Gasteiger partial charge is 0.550 e. The van der Waals surface area contributed by atoms with E-state index in [-0.39, 0.29) is 31.1 Å². The van der Waals surface area contributed by atoms with E-state index in [4.69, 9.17) is 64.5 Å². The summed E-state index contributed by atoms with van der Waals surface area (Å²) in [7, 11) is 1.00. The Morgan fingerprint density at radius 1 is 0.407 bits per heavy atom. The van der Waals surface area contributed by atoms with Crippen molar-refractivity contribution in [1.82, 2.24) is 0 Å². The van der Waals surface area contributed by atoms with Gasteiger partial charge in [0.15, 0.2) is 0 Å². The molecule has 14 heteroatoms. The standard InChI is InChI=1S/6C2H4O2.CH4O.U/c6*1-2(3)4;1-2;/h6*1H3,(H,3,4);2H,1H3;/q;;;;;;;+6/p-6. The molecule has 0 spiro atoms. The summed E-state index contributed by atoms with van der Waals surface area (Å²) in [5.41, 5.74) is 0. The molecule has 0 fully saturated rings. The molecule has 0 amide bonds. The Bertz CT molecular complexity index is 263. The number of hydrogen-bond donors (Lipinski definition) is 1. The summed E-state index contributed by atoms with van der Waals surface area (Å²) in [6, 6.07) is 0. The van der Waals surface area contributed by atoms with Crippen LogP contribution in [0.3, 0.4) is 0 Å². The minimum absolute atomic E-state index is 0. The van der Waals surface area contributed by atoms with Gasteiger partial charge in [0.05, 0.1) is 0 Å². The molecular weight excluding hydrogens is 602 g/mol. The Hall–Kier alpha value is -2.17. The predicted octanol–water partition coefficient (Wildman–Crippen LogP) is -7.85. The van der Waals surface area contributed by atoms with E-state index in [1.54, 1.807) is 0 Å². The summed E-state index contributed by atoms with van der Waals surface area (Å²) in [4.78, 5) is 53.3. The average Bonchev–Trinajstić information content (AvgIpc) is 2.25. The molecule has 0 heterocycles. The van der Waals surface area contributed by atoms with Gasteiger partial charge in [-0.2, -0.15) is 0 Å². The maximum atomic E-state index is 8.89. The molecule has 0 unspecified atom stereocenters. The van der Waals surface area contributed by atoms with Crippen LogP contribution in [0, 0.1) is 31.1 Å².